The lowest BCUT2D eigenvalue weighted by Gasteiger charge is -2.22. The molecule has 3 nitrogen and oxygen atoms in total. The fourth-order valence-electron chi connectivity index (χ4n) is 1.88. The molecule has 13 heavy (non-hydrogen) atoms. The summed E-state index contributed by atoms with van der Waals surface area (Å²) in [5, 5.41) is 17.1. The van der Waals surface area contributed by atoms with Crippen LogP contribution in [-0.2, 0) is 0 Å². The van der Waals surface area contributed by atoms with Gasteiger partial charge in [-0.3, -0.25) is 0 Å². The van der Waals surface area contributed by atoms with Crippen LogP contribution in [0.5, 0.6) is 0 Å². The molecule has 0 bridgehead atoms. The van der Waals surface area contributed by atoms with Gasteiger partial charge in [-0.25, -0.2) is 0 Å². The monoisotopic (exact) mass is 177 g/mol. The molecule has 1 aliphatic rings. The zero-order chi connectivity index (χ0) is 9.68. The van der Waals surface area contributed by atoms with E-state index >= 15 is 0 Å². The molecule has 0 radical (unpaired) electrons. The summed E-state index contributed by atoms with van der Waals surface area (Å²) in [6.07, 6.45) is 3.71. The number of nitriles is 2. The van der Waals surface area contributed by atoms with Gasteiger partial charge >= 0.3 is 0 Å². The fourth-order valence-corrected chi connectivity index (χ4v) is 1.88. The lowest BCUT2D eigenvalue weighted by molar-refractivity contribution is 0.248. The molecule has 0 saturated heterocycles. The van der Waals surface area contributed by atoms with Crippen LogP contribution >= 0.6 is 0 Å². The van der Waals surface area contributed by atoms with Crippen molar-refractivity contribution in [3.05, 3.63) is 0 Å². The van der Waals surface area contributed by atoms with E-state index in [2.05, 4.69) is 17.0 Å². The molecule has 0 N–H and O–H groups in total. The van der Waals surface area contributed by atoms with Crippen molar-refractivity contribution in [2.45, 2.75) is 31.7 Å². The smallest absolute Gasteiger partial charge is 0.0656 e. The van der Waals surface area contributed by atoms with Crippen LogP contribution in [0.3, 0.4) is 0 Å². The maximum atomic E-state index is 8.72. The van der Waals surface area contributed by atoms with Crippen molar-refractivity contribution in [1.29, 1.82) is 10.5 Å². The largest absolute Gasteiger partial charge is 0.302 e. The van der Waals surface area contributed by atoms with Crippen LogP contribution < -0.4 is 0 Å². The van der Waals surface area contributed by atoms with Crippen molar-refractivity contribution in [2.24, 2.45) is 5.92 Å². The van der Waals surface area contributed by atoms with Gasteiger partial charge in [0.25, 0.3) is 0 Å². The van der Waals surface area contributed by atoms with Crippen LogP contribution in [0.25, 0.3) is 0 Å². The molecular weight excluding hydrogens is 162 g/mol. The van der Waals surface area contributed by atoms with Crippen molar-refractivity contribution in [3.8, 4) is 12.1 Å². The van der Waals surface area contributed by atoms with E-state index in [-0.39, 0.29) is 5.92 Å². The molecule has 1 aliphatic carbocycles. The van der Waals surface area contributed by atoms with E-state index in [4.69, 9.17) is 10.5 Å². The Bertz CT molecular complexity index is 236. The Kier molecular flexibility index (Phi) is 3.73. The first kappa shape index (κ1) is 10.0. The molecule has 0 aromatic heterocycles. The lowest BCUT2D eigenvalue weighted by atomic mass is 10.1. The summed E-state index contributed by atoms with van der Waals surface area (Å²) in [7, 11) is 2.04. The molecule has 0 heterocycles. The minimum absolute atomic E-state index is 0.245. The standard InChI is InChI=1S/C10H15N3/c1-13(6-2-5-11)10-4-3-9(7-10)8-12/h9-10H,2-4,6-7H2,1H3. The first-order valence-corrected chi connectivity index (χ1v) is 4.74. The summed E-state index contributed by atoms with van der Waals surface area (Å²) in [4.78, 5) is 2.21. The van der Waals surface area contributed by atoms with Gasteiger partial charge < -0.3 is 4.90 Å². The molecule has 1 saturated carbocycles. The van der Waals surface area contributed by atoms with Crippen molar-refractivity contribution in [1.82, 2.24) is 4.90 Å². The second-order valence-electron chi connectivity index (χ2n) is 3.68. The SMILES string of the molecule is CN(CCC#N)C1CCC(C#N)C1. The van der Waals surface area contributed by atoms with Gasteiger partial charge in [0.05, 0.1) is 12.1 Å². The van der Waals surface area contributed by atoms with Gasteiger partial charge in [0.2, 0.25) is 0 Å². The minimum Gasteiger partial charge on any atom is -0.302 e. The quantitative estimate of drug-likeness (QED) is 0.656. The Labute approximate surface area is 79.6 Å². The third-order valence-electron chi connectivity index (χ3n) is 2.79. The van der Waals surface area contributed by atoms with E-state index in [1.807, 2.05) is 7.05 Å². The summed E-state index contributed by atoms with van der Waals surface area (Å²) in [6.45, 7) is 0.833. The molecule has 1 fully saturated rings. The molecule has 1 rings (SSSR count). The average Bonchev–Trinajstić information content (AvgIpc) is 2.62. The van der Waals surface area contributed by atoms with Crippen molar-refractivity contribution < 1.29 is 0 Å². The minimum atomic E-state index is 0.245. The van der Waals surface area contributed by atoms with Gasteiger partial charge in [0.15, 0.2) is 0 Å². The Hall–Kier alpha value is -1.06. The number of nitrogens with zero attached hydrogens (tertiary/aromatic N) is 3. The van der Waals surface area contributed by atoms with Gasteiger partial charge in [-0.2, -0.15) is 10.5 Å². The lowest BCUT2D eigenvalue weighted by Crippen LogP contribution is -2.30. The van der Waals surface area contributed by atoms with Crippen molar-refractivity contribution in [2.75, 3.05) is 13.6 Å². The summed E-state index contributed by atoms with van der Waals surface area (Å²) < 4.78 is 0. The zero-order valence-electron chi connectivity index (χ0n) is 8.03. The second kappa shape index (κ2) is 4.84. The average molecular weight is 177 g/mol. The third-order valence-corrected chi connectivity index (χ3v) is 2.79. The first-order chi connectivity index (χ1) is 6.27. The van der Waals surface area contributed by atoms with Gasteiger partial charge in [-0.05, 0) is 26.3 Å². The van der Waals surface area contributed by atoms with Crippen molar-refractivity contribution >= 4 is 0 Å². The summed E-state index contributed by atoms with van der Waals surface area (Å²) in [5.74, 6) is 0.245. The molecule has 0 aromatic carbocycles. The van der Waals surface area contributed by atoms with Crippen LogP contribution in [0.15, 0.2) is 0 Å². The van der Waals surface area contributed by atoms with E-state index in [1.54, 1.807) is 0 Å². The van der Waals surface area contributed by atoms with E-state index in [9.17, 15) is 0 Å². The molecule has 2 atom stereocenters. The highest BCUT2D eigenvalue weighted by Gasteiger charge is 2.26. The van der Waals surface area contributed by atoms with Gasteiger partial charge in [0, 0.05) is 24.9 Å². The normalized spacial score (nSPS) is 27.1. The predicted molar refractivity (Wildman–Crippen MR) is 49.6 cm³/mol. The maximum Gasteiger partial charge on any atom is 0.0656 e. The molecule has 0 amide bonds. The molecule has 0 aromatic rings. The van der Waals surface area contributed by atoms with E-state index in [0.717, 1.165) is 25.8 Å². The topological polar surface area (TPSA) is 50.8 Å². The summed E-state index contributed by atoms with van der Waals surface area (Å²) >= 11 is 0. The first-order valence-electron chi connectivity index (χ1n) is 4.74. The molecular formula is C10H15N3. The summed E-state index contributed by atoms with van der Waals surface area (Å²) in [5.41, 5.74) is 0. The Balaban J connectivity index is 2.30. The van der Waals surface area contributed by atoms with Gasteiger partial charge in [-0.1, -0.05) is 0 Å². The molecule has 70 valence electrons. The van der Waals surface area contributed by atoms with Gasteiger partial charge in [-0.15, -0.1) is 0 Å². The number of rotatable bonds is 3. The Morgan fingerprint density at radius 1 is 1.38 bits per heavy atom. The van der Waals surface area contributed by atoms with E-state index in [1.165, 1.54) is 0 Å². The highest BCUT2D eigenvalue weighted by molar-refractivity contribution is 4.93. The number of hydrogen-bond acceptors (Lipinski definition) is 3. The van der Waals surface area contributed by atoms with Crippen LogP contribution in [0.2, 0.25) is 0 Å². The fraction of sp³-hybridized carbons (Fsp3) is 0.800. The van der Waals surface area contributed by atoms with Crippen molar-refractivity contribution in [3.63, 3.8) is 0 Å². The molecule has 2 unspecified atom stereocenters. The zero-order valence-corrected chi connectivity index (χ0v) is 8.03. The molecule has 0 aliphatic heterocycles. The maximum absolute atomic E-state index is 8.72. The van der Waals surface area contributed by atoms with Crippen LogP contribution in [0.1, 0.15) is 25.7 Å². The highest BCUT2D eigenvalue weighted by Crippen LogP contribution is 2.27. The molecule has 0 spiro atoms. The third kappa shape index (κ3) is 2.72. The molecule has 3 heteroatoms. The highest BCUT2D eigenvalue weighted by atomic mass is 15.1. The van der Waals surface area contributed by atoms with Gasteiger partial charge in [0.1, 0.15) is 0 Å². The van der Waals surface area contributed by atoms with Crippen LogP contribution in [-0.4, -0.2) is 24.5 Å². The van der Waals surface area contributed by atoms with E-state index < -0.39 is 0 Å². The second-order valence-corrected chi connectivity index (χ2v) is 3.68. The number of hydrogen-bond donors (Lipinski definition) is 0. The van der Waals surface area contributed by atoms with E-state index in [0.29, 0.717) is 12.5 Å². The predicted octanol–water partition coefficient (Wildman–Crippen LogP) is 1.52. The Morgan fingerprint density at radius 3 is 2.69 bits per heavy atom. The van der Waals surface area contributed by atoms with Crippen LogP contribution in [0.4, 0.5) is 0 Å². The summed E-state index contributed by atoms with van der Waals surface area (Å²) in [6, 6.07) is 4.98. The Morgan fingerprint density at radius 2 is 2.15 bits per heavy atom. The van der Waals surface area contributed by atoms with Crippen LogP contribution in [0, 0.1) is 28.6 Å².